The lowest BCUT2D eigenvalue weighted by molar-refractivity contribution is -0.118. The van der Waals surface area contributed by atoms with E-state index in [-0.39, 0.29) is 36.0 Å². The summed E-state index contributed by atoms with van der Waals surface area (Å²) in [4.78, 5) is 29.6. The highest BCUT2D eigenvalue weighted by atomic mass is 19.1. The molecular weight excluding hydrogens is 397 g/mol. The molecule has 2 aromatic carbocycles. The van der Waals surface area contributed by atoms with Crippen molar-refractivity contribution in [2.24, 2.45) is 0 Å². The highest BCUT2D eigenvalue weighted by Crippen LogP contribution is 2.33. The van der Waals surface area contributed by atoms with Gasteiger partial charge in [-0.05, 0) is 47.9 Å². The summed E-state index contributed by atoms with van der Waals surface area (Å²) in [6.45, 7) is 1.71. The molecule has 6 nitrogen and oxygen atoms in total. The molecule has 0 bridgehead atoms. The largest absolute Gasteiger partial charge is 0.507 e. The number of aryl methyl sites for hydroxylation is 1. The number of nitrogens with zero attached hydrogens (tertiary/aromatic N) is 2. The first-order chi connectivity index (χ1) is 14.8. The molecule has 0 atom stereocenters. The number of aromatic hydroxyl groups is 1. The Labute approximate surface area is 180 Å². The molecule has 3 aromatic rings. The zero-order valence-corrected chi connectivity index (χ0v) is 17.4. The lowest BCUT2D eigenvalue weighted by atomic mass is 9.98. The lowest BCUT2D eigenvalue weighted by Gasteiger charge is -2.18. The Bertz CT molecular complexity index is 1110. The molecule has 0 aliphatic heterocycles. The Morgan fingerprint density at radius 2 is 1.90 bits per heavy atom. The highest BCUT2D eigenvalue weighted by molar-refractivity contribution is 5.97. The third-order valence-corrected chi connectivity index (χ3v) is 5.10. The van der Waals surface area contributed by atoms with Crippen molar-refractivity contribution in [2.45, 2.75) is 26.2 Å². The Balaban J connectivity index is 1.75. The maximum atomic E-state index is 14.6. The van der Waals surface area contributed by atoms with Gasteiger partial charge >= 0.3 is 0 Å². The number of nitrogen functional groups attached to an aromatic ring is 1. The molecule has 0 radical (unpaired) electrons. The topological polar surface area (TPSA) is 96.5 Å². The highest BCUT2D eigenvalue weighted by Gasteiger charge is 2.16. The molecule has 160 valence electrons. The second kappa shape index (κ2) is 9.38. The van der Waals surface area contributed by atoms with Gasteiger partial charge in [0.25, 0.3) is 0 Å². The Morgan fingerprint density at radius 1 is 1.13 bits per heavy atom. The molecule has 31 heavy (non-hydrogen) atoms. The molecule has 1 aromatic heterocycles. The number of ketones is 1. The number of anilines is 2. The number of aromatic nitrogens is 1. The van der Waals surface area contributed by atoms with E-state index < -0.39 is 5.82 Å². The van der Waals surface area contributed by atoms with Crippen LogP contribution in [0.3, 0.4) is 0 Å². The van der Waals surface area contributed by atoms with Crippen LogP contribution in [-0.4, -0.2) is 28.8 Å². The average molecular weight is 421 g/mol. The molecule has 0 aliphatic rings. The number of rotatable bonds is 7. The van der Waals surface area contributed by atoms with Crippen LogP contribution in [0.2, 0.25) is 0 Å². The monoisotopic (exact) mass is 421 g/mol. The van der Waals surface area contributed by atoms with Crippen molar-refractivity contribution in [1.82, 2.24) is 4.98 Å². The minimum Gasteiger partial charge on any atom is -0.507 e. The fraction of sp³-hybridized carbons (Fsp3) is 0.208. The van der Waals surface area contributed by atoms with Gasteiger partial charge in [0.15, 0.2) is 5.78 Å². The number of halogens is 1. The van der Waals surface area contributed by atoms with Crippen LogP contribution in [0, 0.1) is 5.82 Å². The molecule has 0 fully saturated rings. The Hall–Kier alpha value is -3.74. The van der Waals surface area contributed by atoms with E-state index in [9.17, 15) is 19.1 Å². The maximum absolute atomic E-state index is 14.6. The third kappa shape index (κ3) is 5.06. The van der Waals surface area contributed by atoms with Gasteiger partial charge in [-0.3, -0.25) is 9.59 Å². The summed E-state index contributed by atoms with van der Waals surface area (Å²) >= 11 is 0. The lowest BCUT2D eigenvalue weighted by Crippen LogP contribution is -2.25. The van der Waals surface area contributed by atoms with Crippen LogP contribution >= 0.6 is 0 Å². The van der Waals surface area contributed by atoms with Crippen LogP contribution in [0.25, 0.3) is 11.1 Å². The number of phenolic OH excluding ortho intramolecular Hbond substituents is 1. The van der Waals surface area contributed by atoms with E-state index in [4.69, 9.17) is 5.73 Å². The summed E-state index contributed by atoms with van der Waals surface area (Å²) < 4.78 is 14.6. The van der Waals surface area contributed by atoms with Gasteiger partial charge in [-0.25, -0.2) is 9.37 Å². The fourth-order valence-corrected chi connectivity index (χ4v) is 3.25. The number of pyridine rings is 1. The van der Waals surface area contributed by atoms with Gasteiger partial charge in [0, 0.05) is 37.2 Å². The molecule has 3 N–H and O–H groups in total. The number of phenols is 1. The van der Waals surface area contributed by atoms with Crippen molar-refractivity contribution in [3.63, 3.8) is 0 Å². The second-order valence-corrected chi connectivity index (χ2v) is 7.22. The zero-order valence-electron chi connectivity index (χ0n) is 17.4. The number of amides is 1. The first-order valence-electron chi connectivity index (χ1n) is 9.93. The van der Waals surface area contributed by atoms with E-state index in [1.54, 1.807) is 37.4 Å². The molecule has 1 heterocycles. The SMILES string of the molecule is CCC(=O)N(C)c1ccc(-c2ccc(C(=O)CCc3ccc(N)nc3)cc2O)cc1F. The molecule has 0 aliphatic carbocycles. The minimum absolute atomic E-state index is 0.120. The third-order valence-electron chi connectivity index (χ3n) is 5.10. The Morgan fingerprint density at radius 3 is 2.52 bits per heavy atom. The van der Waals surface area contributed by atoms with Gasteiger partial charge in [-0.2, -0.15) is 0 Å². The van der Waals surface area contributed by atoms with Crippen molar-refractivity contribution in [3.05, 3.63) is 71.7 Å². The number of nitrogens with two attached hydrogens (primary N) is 1. The van der Waals surface area contributed by atoms with Gasteiger partial charge < -0.3 is 15.7 Å². The van der Waals surface area contributed by atoms with Crippen molar-refractivity contribution in [3.8, 4) is 16.9 Å². The van der Waals surface area contributed by atoms with E-state index in [1.807, 2.05) is 6.07 Å². The Kier molecular flexibility index (Phi) is 6.65. The van der Waals surface area contributed by atoms with Gasteiger partial charge in [0.1, 0.15) is 17.4 Å². The maximum Gasteiger partial charge on any atom is 0.226 e. The molecule has 7 heteroatoms. The molecule has 0 spiro atoms. The standard InChI is InChI=1S/C24H24FN3O3/c1-3-24(31)28(2)20-9-7-16(12-19(20)25)18-8-6-17(13-22(18)30)21(29)10-4-15-5-11-23(26)27-14-15/h5-9,11-14,30H,3-4,10H2,1-2H3,(H2,26,27). The molecule has 0 saturated heterocycles. The molecule has 0 unspecified atom stereocenters. The predicted molar refractivity (Wildman–Crippen MR) is 119 cm³/mol. The number of benzene rings is 2. The molecular formula is C24H24FN3O3. The molecule has 0 saturated carbocycles. The van der Waals surface area contributed by atoms with E-state index in [1.165, 1.54) is 30.1 Å². The molecule has 3 rings (SSSR count). The van der Waals surface area contributed by atoms with Crippen LogP contribution in [0.15, 0.2) is 54.7 Å². The van der Waals surface area contributed by atoms with Gasteiger partial charge in [0.05, 0.1) is 5.69 Å². The first kappa shape index (κ1) is 22.0. The van der Waals surface area contributed by atoms with Crippen LogP contribution < -0.4 is 10.6 Å². The van der Waals surface area contributed by atoms with Crippen LogP contribution in [0.4, 0.5) is 15.9 Å². The predicted octanol–water partition coefficient (Wildman–Crippen LogP) is 4.36. The summed E-state index contributed by atoms with van der Waals surface area (Å²) in [6.07, 6.45) is 2.66. The van der Waals surface area contributed by atoms with E-state index in [0.717, 1.165) is 5.56 Å². The van der Waals surface area contributed by atoms with Crippen LogP contribution in [0.5, 0.6) is 5.75 Å². The van der Waals surface area contributed by atoms with Crippen molar-refractivity contribution < 1.29 is 19.1 Å². The van der Waals surface area contributed by atoms with Crippen LogP contribution in [-0.2, 0) is 11.2 Å². The smallest absolute Gasteiger partial charge is 0.226 e. The number of Topliss-reactive ketones (excluding diaryl/α,β-unsaturated/α-hetero) is 1. The average Bonchev–Trinajstić information content (AvgIpc) is 2.77. The van der Waals surface area contributed by atoms with Gasteiger partial charge in [-0.1, -0.05) is 25.1 Å². The number of hydrogen-bond donors (Lipinski definition) is 2. The van der Waals surface area contributed by atoms with Crippen molar-refractivity contribution in [2.75, 3.05) is 17.7 Å². The van der Waals surface area contributed by atoms with E-state index in [0.29, 0.717) is 28.9 Å². The van der Waals surface area contributed by atoms with Crippen LogP contribution in [0.1, 0.15) is 35.7 Å². The fourth-order valence-electron chi connectivity index (χ4n) is 3.25. The second-order valence-electron chi connectivity index (χ2n) is 7.22. The summed E-state index contributed by atoms with van der Waals surface area (Å²) in [5.41, 5.74) is 7.83. The normalized spacial score (nSPS) is 10.7. The summed E-state index contributed by atoms with van der Waals surface area (Å²) in [5.74, 6) is -0.598. The van der Waals surface area contributed by atoms with Crippen molar-refractivity contribution in [1.29, 1.82) is 0 Å². The quantitative estimate of drug-likeness (QED) is 0.553. The van der Waals surface area contributed by atoms with E-state index in [2.05, 4.69) is 4.98 Å². The summed E-state index contributed by atoms with van der Waals surface area (Å²) in [5, 5.41) is 10.4. The summed E-state index contributed by atoms with van der Waals surface area (Å²) in [6, 6.07) is 12.5. The molecule has 1 amide bonds. The number of carbonyl (C=O) groups excluding carboxylic acids is 2. The minimum atomic E-state index is -0.571. The first-order valence-corrected chi connectivity index (χ1v) is 9.93. The number of hydrogen-bond acceptors (Lipinski definition) is 5. The van der Waals surface area contributed by atoms with E-state index >= 15 is 0 Å². The van der Waals surface area contributed by atoms with Gasteiger partial charge in [0.2, 0.25) is 5.91 Å². The van der Waals surface area contributed by atoms with Gasteiger partial charge in [-0.15, -0.1) is 0 Å². The summed E-state index contributed by atoms with van der Waals surface area (Å²) in [7, 11) is 1.52. The number of carbonyl (C=O) groups is 2. The van der Waals surface area contributed by atoms with Crippen molar-refractivity contribution >= 4 is 23.2 Å². The zero-order chi connectivity index (χ0) is 22.5.